The molecule has 0 atom stereocenters. The molecule has 0 bridgehead atoms. The van der Waals surface area contributed by atoms with Crippen molar-refractivity contribution in [2.45, 2.75) is 53.6 Å². The molecule has 4 heteroatoms. The van der Waals surface area contributed by atoms with Gasteiger partial charge in [-0.05, 0) is 44.1 Å². The second-order valence-corrected chi connectivity index (χ2v) is 7.38. The van der Waals surface area contributed by atoms with E-state index in [0.29, 0.717) is 12.0 Å². The number of hydrogen-bond donors (Lipinski definition) is 0. The number of thioether (sulfide) groups is 1. The van der Waals surface area contributed by atoms with Crippen molar-refractivity contribution in [2.24, 2.45) is 5.41 Å². The van der Waals surface area contributed by atoms with Crippen molar-refractivity contribution < 1.29 is 14.3 Å². The van der Waals surface area contributed by atoms with Gasteiger partial charge in [0.2, 0.25) is 0 Å². The Balaban J connectivity index is 3.44. The summed E-state index contributed by atoms with van der Waals surface area (Å²) in [7, 11) is 0. The minimum atomic E-state index is -0.571. The highest BCUT2D eigenvalue weighted by molar-refractivity contribution is 7.99. The molecule has 0 unspecified atom stereocenters. The summed E-state index contributed by atoms with van der Waals surface area (Å²) in [6, 6.07) is 0. The molecule has 0 amide bonds. The molecule has 0 N–H and O–H groups in total. The zero-order chi connectivity index (χ0) is 13.5. The molecule has 102 valence electrons. The average molecular weight is 262 g/mol. The van der Waals surface area contributed by atoms with E-state index < -0.39 is 11.8 Å². The summed E-state index contributed by atoms with van der Waals surface area (Å²) in [5, 5.41) is 0. The van der Waals surface area contributed by atoms with Crippen molar-refractivity contribution in [2.75, 3.05) is 18.1 Å². The molecule has 0 aliphatic carbocycles. The highest BCUT2D eigenvalue weighted by atomic mass is 32.2. The first-order valence-corrected chi connectivity index (χ1v) is 7.19. The Morgan fingerprint density at radius 1 is 1.12 bits per heavy atom. The van der Waals surface area contributed by atoms with Crippen LogP contribution in [0, 0.1) is 5.41 Å². The fraction of sp³-hybridized carbons (Fsp3) is 0.923. The lowest BCUT2D eigenvalue weighted by atomic mass is 10.0. The van der Waals surface area contributed by atoms with Gasteiger partial charge in [-0.2, -0.15) is 11.8 Å². The Kier molecular flexibility index (Phi) is 6.98. The van der Waals surface area contributed by atoms with Crippen molar-refractivity contribution in [3.8, 4) is 0 Å². The minimum Gasteiger partial charge on any atom is -0.434 e. The highest BCUT2D eigenvalue weighted by Crippen LogP contribution is 2.20. The van der Waals surface area contributed by atoms with Gasteiger partial charge in [0.25, 0.3) is 0 Å². The molecule has 0 aliphatic rings. The van der Waals surface area contributed by atoms with E-state index in [2.05, 4.69) is 20.8 Å². The summed E-state index contributed by atoms with van der Waals surface area (Å²) in [6.45, 7) is 12.6. The molecule has 0 saturated heterocycles. The molecule has 0 spiro atoms. The number of ether oxygens (including phenoxy) is 2. The second kappa shape index (κ2) is 7.14. The first-order valence-electron chi connectivity index (χ1n) is 6.04. The van der Waals surface area contributed by atoms with Crippen molar-refractivity contribution in [1.29, 1.82) is 0 Å². The summed E-state index contributed by atoms with van der Waals surface area (Å²) >= 11 is 1.89. The molecule has 0 saturated carbocycles. The number of carbonyl (C=O) groups is 1. The lowest BCUT2D eigenvalue weighted by Crippen LogP contribution is -2.24. The van der Waals surface area contributed by atoms with Crippen LogP contribution in [-0.2, 0) is 9.47 Å². The molecule has 0 aliphatic heterocycles. The maximum atomic E-state index is 11.2. The predicted molar refractivity (Wildman–Crippen MR) is 73.6 cm³/mol. The van der Waals surface area contributed by atoms with E-state index in [-0.39, 0.29) is 0 Å². The fourth-order valence-electron chi connectivity index (χ4n) is 0.974. The standard InChI is InChI=1S/C13H26O3S/c1-12(2,3)10-17-9-7-8-15-11(14)16-13(4,5)6/h7-10H2,1-6H3. The lowest BCUT2D eigenvalue weighted by molar-refractivity contribution is -0.00692. The van der Waals surface area contributed by atoms with Gasteiger partial charge >= 0.3 is 6.16 Å². The van der Waals surface area contributed by atoms with E-state index in [4.69, 9.17) is 9.47 Å². The molecule has 0 aromatic rings. The third kappa shape index (κ3) is 13.6. The molecule has 0 aromatic heterocycles. The Morgan fingerprint density at radius 2 is 1.71 bits per heavy atom. The maximum Gasteiger partial charge on any atom is 0.508 e. The van der Waals surface area contributed by atoms with Crippen LogP contribution in [0.2, 0.25) is 0 Å². The smallest absolute Gasteiger partial charge is 0.434 e. The van der Waals surface area contributed by atoms with Crippen LogP contribution in [0.4, 0.5) is 4.79 Å². The van der Waals surface area contributed by atoms with E-state index >= 15 is 0 Å². The van der Waals surface area contributed by atoms with Gasteiger partial charge in [-0.1, -0.05) is 20.8 Å². The zero-order valence-electron chi connectivity index (χ0n) is 12.0. The zero-order valence-corrected chi connectivity index (χ0v) is 12.8. The normalized spacial score (nSPS) is 12.4. The van der Waals surface area contributed by atoms with Crippen LogP contribution in [0.5, 0.6) is 0 Å². The largest absolute Gasteiger partial charge is 0.508 e. The molecule has 3 nitrogen and oxygen atoms in total. The minimum absolute atomic E-state index is 0.358. The van der Waals surface area contributed by atoms with Gasteiger partial charge in [0.05, 0.1) is 6.61 Å². The lowest BCUT2D eigenvalue weighted by Gasteiger charge is -2.19. The van der Waals surface area contributed by atoms with Gasteiger partial charge in [0.15, 0.2) is 0 Å². The molecule has 0 radical (unpaired) electrons. The van der Waals surface area contributed by atoms with Gasteiger partial charge in [0.1, 0.15) is 5.60 Å². The van der Waals surface area contributed by atoms with Gasteiger partial charge in [-0.15, -0.1) is 0 Å². The van der Waals surface area contributed by atoms with Crippen LogP contribution in [-0.4, -0.2) is 29.9 Å². The van der Waals surface area contributed by atoms with Gasteiger partial charge < -0.3 is 9.47 Å². The van der Waals surface area contributed by atoms with Crippen LogP contribution in [0.15, 0.2) is 0 Å². The second-order valence-electron chi connectivity index (χ2n) is 6.28. The molecule has 0 heterocycles. The molecule has 0 rings (SSSR count). The number of hydrogen-bond acceptors (Lipinski definition) is 4. The summed E-state index contributed by atoms with van der Waals surface area (Å²) in [5.41, 5.74) is -0.116. The Bertz CT molecular complexity index is 226. The molecule has 0 fully saturated rings. The number of carbonyl (C=O) groups excluding carboxylic acids is 1. The number of rotatable bonds is 5. The summed E-state index contributed by atoms with van der Waals surface area (Å²) in [5.74, 6) is 2.14. The molecule has 17 heavy (non-hydrogen) atoms. The molecular weight excluding hydrogens is 236 g/mol. The highest BCUT2D eigenvalue weighted by Gasteiger charge is 2.17. The van der Waals surface area contributed by atoms with E-state index in [9.17, 15) is 4.79 Å². The molecule has 0 aromatic carbocycles. The van der Waals surface area contributed by atoms with E-state index in [1.54, 1.807) is 0 Å². The Morgan fingerprint density at radius 3 is 2.18 bits per heavy atom. The van der Waals surface area contributed by atoms with Crippen molar-refractivity contribution in [1.82, 2.24) is 0 Å². The predicted octanol–water partition coefficient (Wildman–Crippen LogP) is 4.11. The molecular formula is C13H26O3S. The third-order valence-corrected chi connectivity index (χ3v) is 3.23. The Hall–Kier alpha value is -0.380. The summed E-state index contributed by atoms with van der Waals surface area (Å²) in [4.78, 5) is 11.2. The van der Waals surface area contributed by atoms with Crippen LogP contribution in [0.3, 0.4) is 0 Å². The van der Waals surface area contributed by atoms with Crippen LogP contribution in [0.1, 0.15) is 48.0 Å². The van der Waals surface area contributed by atoms with Crippen LogP contribution in [0.25, 0.3) is 0 Å². The summed E-state index contributed by atoms with van der Waals surface area (Å²) < 4.78 is 10.0. The first kappa shape index (κ1) is 16.6. The summed E-state index contributed by atoms with van der Waals surface area (Å²) in [6.07, 6.45) is 0.304. The van der Waals surface area contributed by atoms with E-state index in [1.807, 2.05) is 32.5 Å². The quantitative estimate of drug-likeness (QED) is 0.552. The van der Waals surface area contributed by atoms with E-state index in [1.165, 1.54) is 0 Å². The van der Waals surface area contributed by atoms with Crippen molar-refractivity contribution in [3.05, 3.63) is 0 Å². The third-order valence-electron chi connectivity index (χ3n) is 1.58. The van der Waals surface area contributed by atoms with Crippen molar-refractivity contribution in [3.63, 3.8) is 0 Å². The van der Waals surface area contributed by atoms with Crippen molar-refractivity contribution >= 4 is 17.9 Å². The Labute approximate surface area is 110 Å². The monoisotopic (exact) mass is 262 g/mol. The van der Waals surface area contributed by atoms with E-state index in [0.717, 1.165) is 17.9 Å². The SMILES string of the molecule is CC(C)(C)CSCCCOC(=O)OC(C)(C)C. The van der Waals surface area contributed by atoms with Gasteiger partial charge in [-0.3, -0.25) is 0 Å². The fourth-order valence-corrected chi connectivity index (χ4v) is 2.05. The van der Waals surface area contributed by atoms with Crippen LogP contribution < -0.4 is 0 Å². The average Bonchev–Trinajstić information content (AvgIpc) is 2.06. The van der Waals surface area contributed by atoms with Gasteiger partial charge in [-0.25, -0.2) is 4.79 Å². The maximum absolute atomic E-state index is 11.2. The van der Waals surface area contributed by atoms with Crippen LogP contribution >= 0.6 is 11.8 Å². The topological polar surface area (TPSA) is 35.5 Å². The van der Waals surface area contributed by atoms with Gasteiger partial charge in [0, 0.05) is 0 Å². The first-order chi connectivity index (χ1) is 7.60.